The summed E-state index contributed by atoms with van der Waals surface area (Å²) >= 11 is 5.86. The number of carbonyl (C=O) groups excluding carboxylic acids is 1. The zero-order valence-corrected chi connectivity index (χ0v) is 10.6. The molecule has 1 rings (SSSR count). The van der Waals surface area contributed by atoms with Gasteiger partial charge >= 0.3 is 0 Å². The van der Waals surface area contributed by atoms with Crippen LogP contribution < -0.4 is 0 Å². The Morgan fingerprint density at radius 1 is 1.47 bits per heavy atom. The Morgan fingerprint density at radius 2 is 2.06 bits per heavy atom. The van der Waals surface area contributed by atoms with Gasteiger partial charge in [-0.2, -0.15) is 0 Å². The number of nitro groups is 1. The molecule has 0 spiro atoms. The molecule has 6 heteroatoms. The van der Waals surface area contributed by atoms with Crippen molar-refractivity contribution >= 4 is 23.2 Å². The zero-order valence-electron chi connectivity index (χ0n) is 9.81. The molecule has 1 aromatic carbocycles. The van der Waals surface area contributed by atoms with E-state index in [9.17, 15) is 14.9 Å². The highest BCUT2D eigenvalue weighted by Gasteiger charge is 2.22. The van der Waals surface area contributed by atoms with E-state index in [2.05, 4.69) is 0 Å². The molecular weight excluding hydrogens is 244 g/mol. The van der Waals surface area contributed by atoms with Gasteiger partial charge in [0.15, 0.2) is 0 Å². The van der Waals surface area contributed by atoms with Crippen LogP contribution in [0.3, 0.4) is 0 Å². The van der Waals surface area contributed by atoms with Gasteiger partial charge in [-0.05, 0) is 19.9 Å². The fraction of sp³-hybridized carbons (Fsp3) is 0.364. The lowest BCUT2D eigenvalue weighted by atomic mass is 10.1. The molecule has 0 heterocycles. The van der Waals surface area contributed by atoms with Crippen molar-refractivity contribution in [2.45, 2.75) is 19.9 Å². The normalized spacial score (nSPS) is 10.4. The van der Waals surface area contributed by atoms with Crippen LogP contribution in [0.1, 0.15) is 24.2 Å². The van der Waals surface area contributed by atoms with E-state index in [0.29, 0.717) is 0 Å². The van der Waals surface area contributed by atoms with E-state index in [-0.39, 0.29) is 28.2 Å². The Kier molecular flexibility index (Phi) is 4.07. The highest BCUT2D eigenvalue weighted by molar-refractivity contribution is 6.35. The van der Waals surface area contributed by atoms with Crippen LogP contribution in [0.4, 0.5) is 5.69 Å². The maximum absolute atomic E-state index is 12.0. The first-order valence-electron chi connectivity index (χ1n) is 5.06. The van der Waals surface area contributed by atoms with Crippen LogP contribution in [-0.4, -0.2) is 28.8 Å². The highest BCUT2D eigenvalue weighted by Crippen LogP contribution is 2.28. The summed E-state index contributed by atoms with van der Waals surface area (Å²) in [6.45, 7) is 3.70. The van der Waals surface area contributed by atoms with Gasteiger partial charge in [-0.3, -0.25) is 14.9 Å². The van der Waals surface area contributed by atoms with E-state index in [4.69, 9.17) is 11.6 Å². The minimum Gasteiger partial charge on any atom is -0.339 e. The standard InChI is InChI=1S/C11H13ClN2O3/c1-7(2)13(3)11(15)8-5-4-6-9(10(8)12)14(16)17/h4-7H,1-3H3. The van der Waals surface area contributed by atoms with Crippen LogP contribution in [-0.2, 0) is 0 Å². The van der Waals surface area contributed by atoms with Crippen molar-refractivity contribution in [2.24, 2.45) is 0 Å². The molecule has 0 atom stereocenters. The molecule has 0 N–H and O–H groups in total. The van der Waals surface area contributed by atoms with E-state index >= 15 is 0 Å². The molecule has 0 bridgehead atoms. The lowest BCUT2D eigenvalue weighted by molar-refractivity contribution is -0.384. The largest absolute Gasteiger partial charge is 0.339 e. The third kappa shape index (κ3) is 2.74. The first-order chi connectivity index (χ1) is 7.86. The second kappa shape index (κ2) is 5.14. The molecule has 0 unspecified atom stereocenters. The first-order valence-corrected chi connectivity index (χ1v) is 5.44. The van der Waals surface area contributed by atoms with Gasteiger partial charge in [0.25, 0.3) is 11.6 Å². The van der Waals surface area contributed by atoms with E-state index in [1.165, 1.54) is 23.1 Å². The van der Waals surface area contributed by atoms with Crippen molar-refractivity contribution in [1.29, 1.82) is 0 Å². The Bertz CT molecular complexity index is 460. The molecule has 92 valence electrons. The smallest absolute Gasteiger partial charge is 0.288 e. The van der Waals surface area contributed by atoms with E-state index in [1.807, 2.05) is 13.8 Å². The van der Waals surface area contributed by atoms with Crippen molar-refractivity contribution < 1.29 is 9.72 Å². The highest BCUT2D eigenvalue weighted by atomic mass is 35.5. The van der Waals surface area contributed by atoms with Gasteiger partial charge in [0.05, 0.1) is 10.5 Å². The number of nitrogens with zero attached hydrogens (tertiary/aromatic N) is 2. The molecule has 17 heavy (non-hydrogen) atoms. The van der Waals surface area contributed by atoms with Gasteiger partial charge in [0.1, 0.15) is 5.02 Å². The summed E-state index contributed by atoms with van der Waals surface area (Å²) in [5, 5.41) is 10.6. The van der Waals surface area contributed by atoms with Crippen LogP contribution >= 0.6 is 11.6 Å². The molecule has 0 saturated carbocycles. The third-order valence-corrected chi connectivity index (χ3v) is 2.90. The molecule has 1 amide bonds. The molecule has 0 saturated heterocycles. The predicted octanol–water partition coefficient (Wildman–Crippen LogP) is 2.73. The Labute approximate surface area is 104 Å². The topological polar surface area (TPSA) is 63.5 Å². The predicted molar refractivity (Wildman–Crippen MR) is 65.3 cm³/mol. The lowest BCUT2D eigenvalue weighted by Gasteiger charge is -2.21. The summed E-state index contributed by atoms with van der Waals surface area (Å²) in [5.74, 6) is -0.325. The number of halogens is 1. The monoisotopic (exact) mass is 256 g/mol. The van der Waals surface area contributed by atoms with E-state index in [0.717, 1.165) is 0 Å². The number of carbonyl (C=O) groups is 1. The number of benzene rings is 1. The number of hydrogen-bond acceptors (Lipinski definition) is 3. The van der Waals surface area contributed by atoms with Crippen molar-refractivity contribution in [3.63, 3.8) is 0 Å². The Balaban J connectivity index is 3.20. The van der Waals surface area contributed by atoms with Crippen LogP contribution in [0.25, 0.3) is 0 Å². The van der Waals surface area contributed by atoms with Gasteiger partial charge in [-0.1, -0.05) is 17.7 Å². The van der Waals surface area contributed by atoms with E-state index < -0.39 is 4.92 Å². The summed E-state index contributed by atoms with van der Waals surface area (Å²) in [7, 11) is 1.63. The van der Waals surface area contributed by atoms with Crippen LogP contribution in [0.15, 0.2) is 18.2 Å². The summed E-state index contributed by atoms with van der Waals surface area (Å²) in [4.78, 5) is 23.6. The molecule has 5 nitrogen and oxygen atoms in total. The fourth-order valence-corrected chi connectivity index (χ4v) is 1.53. The molecule has 1 aromatic rings. The third-order valence-electron chi connectivity index (χ3n) is 2.50. The second-order valence-electron chi connectivity index (χ2n) is 3.91. The second-order valence-corrected chi connectivity index (χ2v) is 4.28. The average molecular weight is 257 g/mol. The first kappa shape index (κ1) is 13.4. The maximum atomic E-state index is 12.0. The number of amides is 1. The average Bonchev–Trinajstić information content (AvgIpc) is 2.26. The minimum atomic E-state index is -0.603. The van der Waals surface area contributed by atoms with Gasteiger partial charge in [0, 0.05) is 19.2 Å². The molecule has 0 aromatic heterocycles. The summed E-state index contributed by atoms with van der Waals surface area (Å²) < 4.78 is 0. The molecule has 0 radical (unpaired) electrons. The summed E-state index contributed by atoms with van der Waals surface area (Å²) in [6.07, 6.45) is 0. The molecule has 0 aliphatic heterocycles. The SMILES string of the molecule is CC(C)N(C)C(=O)c1cccc([N+](=O)[O-])c1Cl. The molecule has 0 fully saturated rings. The number of hydrogen-bond donors (Lipinski definition) is 0. The van der Waals surface area contributed by atoms with Gasteiger partial charge < -0.3 is 4.90 Å². The van der Waals surface area contributed by atoms with Crippen molar-refractivity contribution in [3.05, 3.63) is 38.9 Å². The fourth-order valence-electron chi connectivity index (χ4n) is 1.25. The Hall–Kier alpha value is -1.62. The molecule has 0 aliphatic rings. The quantitative estimate of drug-likeness (QED) is 0.617. The van der Waals surface area contributed by atoms with Crippen molar-refractivity contribution in [2.75, 3.05) is 7.05 Å². The minimum absolute atomic E-state index is 0.00201. The van der Waals surface area contributed by atoms with Crippen molar-refractivity contribution in [3.8, 4) is 0 Å². The van der Waals surface area contributed by atoms with Crippen LogP contribution in [0, 0.1) is 10.1 Å². The molecule has 0 aliphatic carbocycles. The maximum Gasteiger partial charge on any atom is 0.288 e. The van der Waals surface area contributed by atoms with Crippen LogP contribution in [0.5, 0.6) is 0 Å². The van der Waals surface area contributed by atoms with Gasteiger partial charge in [0.2, 0.25) is 0 Å². The number of rotatable bonds is 3. The summed E-state index contributed by atoms with van der Waals surface area (Å²) in [5.41, 5.74) is -0.105. The number of nitro benzene ring substituents is 1. The lowest BCUT2D eigenvalue weighted by Crippen LogP contribution is -2.33. The van der Waals surface area contributed by atoms with Gasteiger partial charge in [-0.15, -0.1) is 0 Å². The van der Waals surface area contributed by atoms with E-state index in [1.54, 1.807) is 7.05 Å². The van der Waals surface area contributed by atoms with Crippen LogP contribution in [0.2, 0.25) is 5.02 Å². The molecular formula is C11H13ClN2O3. The van der Waals surface area contributed by atoms with Crippen molar-refractivity contribution in [1.82, 2.24) is 4.90 Å². The zero-order chi connectivity index (χ0) is 13.2. The summed E-state index contributed by atoms with van der Waals surface area (Å²) in [6, 6.07) is 4.20. The Morgan fingerprint density at radius 3 is 2.53 bits per heavy atom. The van der Waals surface area contributed by atoms with Gasteiger partial charge in [-0.25, -0.2) is 0 Å².